The summed E-state index contributed by atoms with van der Waals surface area (Å²) in [6, 6.07) is 12.1. The number of amides is 1. The van der Waals surface area contributed by atoms with E-state index in [4.69, 9.17) is 4.42 Å². The molecule has 0 saturated carbocycles. The van der Waals surface area contributed by atoms with Crippen LogP contribution in [0.3, 0.4) is 0 Å². The van der Waals surface area contributed by atoms with E-state index in [1.165, 1.54) is 13.0 Å². The zero-order valence-electron chi connectivity index (χ0n) is 10.8. The number of fused-ring (bicyclic) bond motifs is 1. The summed E-state index contributed by atoms with van der Waals surface area (Å²) in [6.45, 7) is 1.42. The van der Waals surface area contributed by atoms with Crippen molar-refractivity contribution < 1.29 is 14.3 Å². The first-order chi connectivity index (χ1) is 9.63. The van der Waals surface area contributed by atoms with Crippen molar-refractivity contribution in [2.45, 2.75) is 6.92 Å². The topological polar surface area (TPSA) is 75.4 Å². The summed E-state index contributed by atoms with van der Waals surface area (Å²) < 4.78 is 5.61. The first-order valence-electron chi connectivity index (χ1n) is 6.10. The lowest BCUT2D eigenvalue weighted by Crippen LogP contribution is -2.05. The van der Waals surface area contributed by atoms with E-state index in [1.807, 2.05) is 18.2 Å². The van der Waals surface area contributed by atoms with Crippen molar-refractivity contribution in [2.75, 3.05) is 5.32 Å². The maximum Gasteiger partial charge on any atom is 0.231 e. The smallest absolute Gasteiger partial charge is 0.231 e. The van der Waals surface area contributed by atoms with Gasteiger partial charge in [-0.25, -0.2) is 4.98 Å². The van der Waals surface area contributed by atoms with Gasteiger partial charge in [-0.3, -0.25) is 4.79 Å². The lowest BCUT2D eigenvalue weighted by atomic mass is 10.1. The van der Waals surface area contributed by atoms with Crippen LogP contribution in [0.25, 0.3) is 22.6 Å². The molecule has 3 rings (SSSR count). The van der Waals surface area contributed by atoms with Crippen LogP contribution in [0.15, 0.2) is 46.9 Å². The van der Waals surface area contributed by atoms with Crippen molar-refractivity contribution in [1.29, 1.82) is 0 Å². The van der Waals surface area contributed by atoms with Crippen LogP contribution in [0.1, 0.15) is 6.92 Å². The summed E-state index contributed by atoms with van der Waals surface area (Å²) in [5, 5.41) is 12.6. The average molecular weight is 268 g/mol. The number of nitrogens with one attached hydrogen (secondary N) is 1. The normalized spacial score (nSPS) is 10.7. The number of anilines is 1. The predicted molar refractivity (Wildman–Crippen MR) is 75.4 cm³/mol. The minimum atomic E-state index is -0.181. The molecular formula is C15H12N2O3. The first kappa shape index (κ1) is 12.2. The minimum absolute atomic E-state index is 0.0469. The highest BCUT2D eigenvalue weighted by Gasteiger charge is 2.13. The number of carbonyl (C=O) groups is 1. The van der Waals surface area contributed by atoms with Gasteiger partial charge in [0, 0.05) is 12.6 Å². The number of rotatable bonds is 2. The molecule has 0 aliphatic carbocycles. The van der Waals surface area contributed by atoms with Crippen molar-refractivity contribution in [3.8, 4) is 17.2 Å². The van der Waals surface area contributed by atoms with Crippen LogP contribution in [-0.2, 0) is 4.79 Å². The lowest BCUT2D eigenvalue weighted by Gasteiger charge is -2.05. The third kappa shape index (κ3) is 2.21. The van der Waals surface area contributed by atoms with Gasteiger partial charge in [-0.1, -0.05) is 12.1 Å². The van der Waals surface area contributed by atoms with Gasteiger partial charge < -0.3 is 14.8 Å². The molecule has 0 spiro atoms. The number of phenols is 1. The van der Waals surface area contributed by atoms with Gasteiger partial charge in [0.05, 0.1) is 5.56 Å². The third-order valence-corrected chi connectivity index (χ3v) is 2.84. The molecule has 1 aromatic heterocycles. The molecular weight excluding hydrogens is 256 g/mol. The number of aromatic hydroxyl groups is 1. The highest BCUT2D eigenvalue weighted by molar-refractivity contribution is 5.90. The highest BCUT2D eigenvalue weighted by Crippen LogP contribution is 2.33. The van der Waals surface area contributed by atoms with Gasteiger partial charge >= 0.3 is 0 Å². The fourth-order valence-corrected chi connectivity index (χ4v) is 1.98. The summed E-state index contributed by atoms with van der Waals surface area (Å²) in [5.74, 6) is 0.181. The Balaban J connectivity index is 2.10. The van der Waals surface area contributed by atoms with Crippen LogP contribution < -0.4 is 5.32 Å². The molecule has 100 valence electrons. The van der Waals surface area contributed by atoms with Gasteiger partial charge in [0.1, 0.15) is 11.3 Å². The van der Waals surface area contributed by atoms with E-state index >= 15 is 0 Å². The molecule has 20 heavy (non-hydrogen) atoms. The van der Waals surface area contributed by atoms with Gasteiger partial charge in [0.2, 0.25) is 11.8 Å². The lowest BCUT2D eigenvalue weighted by molar-refractivity contribution is -0.114. The maximum atomic E-state index is 11.1. The molecule has 2 aromatic carbocycles. The summed E-state index contributed by atoms with van der Waals surface area (Å²) in [7, 11) is 0. The van der Waals surface area contributed by atoms with Gasteiger partial charge in [0.15, 0.2) is 5.58 Å². The standard InChI is InChI=1S/C15H12N2O3/c1-9(18)16-10-6-7-13(19)11(8-10)15-17-12-4-2-3-5-14(12)20-15/h2-8,19H,1H3,(H,16,18). The Morgan fingerprint density at radius 1 is 1.25 bits per heavy atom. The molecule has 1 amide bonds. The largest absolute Gasteiger partial charge is 0.507 e. The molecule has 2 N–H and O–H groups in total. The van der Waals surface area contributed by atoms with Crippen LogP contribution in [0.2, 0.25) is 0 Å². The third-order valence-electron chi connectivity index (χ3n) is 2.84. The van der Waals surface area contributed by atoms with Crippen LogP contribution in [0.5, 0.6) is 5.75 Å². The van der Waals surface area contributed by atoms with Crippen LogP contribution in [0, 0.1) is 0 Å². The fraction of sp³-hybridized carbons (Fsp3) is 0.0667. The van der Waals surface area contributed by atoms with E-state index in [0.717, 1.165) is 0 Å². The van der Waals surface area contributed by atoms with Crippen molar-refractivity contribution in [3.05, 3.63) is 42.5 Å². The molecule has 3 aromatic rings. The van der Waals surface area contributed by atoms with Crippen LogP contribution >= 0.6 is 0 Å². The molecule has 0 radical (unpaired) electrons. The summed E-state index contributed by atoms with van der Waals surface area (Å²) >= 11 is 0. The predicted octanol–water partition coefficient (Wildman–Crippen LogP) is 3.16. The molecule has 1 heterocycles. The number of nitrogens with zero attached hydrogens (tertiary/aromatic N) is 1. The Morgan fingerprint density at radius 2 is 2.05 bits per heavy atom. The zero-order valence-corrected chi connectivity index (χ0v) is 10.8. The van der Waals surface area contributed by atoms with Gasteiger partial charge in [-0.2, -0.15) is 0 Å². The van der Waals surface area contributed by atoms with Gasteiger partial charge in [0.25, 0.3) is 0 Å². The number of carbonyl (C=O) groups excluding carboxylic acids is 1. The molecule has 0 unspecified atom stereocenters. The van der Waals surface area contributed by atoms with Crippen molar-refractivity contribution >= 4 is 22.7 Å². The van der Waals surface area contributed by atoms with Crippen LogP contribution in [0.4, 0.5) is 5.69 Å². The van der Waals surface area contributed by atoms with Gasteiger partial charge in [-0.05, 0) is 30.3 Å². The second-order valence-corrected chi connectivity index (χ2v) is 4.40. The van der Waals surface area contributed by atoms with Crippen molar-refractivity contribution in [3.63, 3.8) is 0 Å². The van der Waals surface area contributed by atoms with E-state index in [-0.39, 0.29) is 11.7 Å². The summed E-state index contributed by atoms with van der Waals surface area (Å²) in [4.78, 5) is 15.4. The Hall–Kier alpha value is -2.82. The van der Waals surface area contributed by atoms with E-state index in [2.05, 4.69) is 10.3 Å². The molecule has 0 bridgehead atoms. The highest BCUT2D eigenvalue weighted by atomic mass is 16.3. The summed E-state index contributed by atoms with van der Waals surface area (Å²) in [5.41, 5.74) is 2.37. The Bertz CT molecular complexity index is 760. The number of para-hydroxylation sites is 2. The second-order valence-electron chi connectivity index (χ2n) is 4.40. The quantitative estimate of drug-likeness (QED) is 0.700. The van der Waals surface area contributed by atoms with E-state index in [1.54, 1.807) is 18.2 Å². The maximum absolute atomic E-state index is 11.1. The Labute approximate surface area is 114 Å². The number of benzene rings is 2. The van der Waals surface area contributed by atoms with Gasteiger partial charge in [-0.15, -0.1) is 0 Å². The molecule has 0 aliphatic rings. The van der Waals surface area contributed by atoms with Crippen molar-refractivity contribution in [2.24, 2.45) is 0 Å². The molecule has 0 aliphatic heterocycles. The number of aromatic nitrogens is 1. The van der Waals surface area contributed by atoms with E-state index in [0.29, 0.717) is 28.2 Å². The monoisotopic (exact) mass is 268 g/mol. The SMILES string of the molecule is CC(=O)Nc1ccc(O)c(-c2nc3ccccc3o2)c1. The number of hydrogen-bond acceptors (Lipinski definition) is 4. The Kier molecular flexibility index (Phi) is 2.87. The molecule has 0 atom stereocenters. The number of hydrogen-bond donors (Lipinski definition) is 2. The second kappa shape index (κ2) is 4.70. The number of oxazole rings is 1. The molecule has 5 heteroatoms. The minimum Gasteiger partial charge on any atom is -0.507 e. The molecule has 0 saturated heterocycles. The van der Waals surface area contributed by atoms with E-state index in [9.17, 15) is 9.90 Å². The van der Waals surface area contributed by atoms with Crippen molar-refractivity contribution in [1.82, 2.24) is 4.98 Å². The average Bonchev–Trinajstić information content (AvgIpc) is 2.84. The molecule has 5 nitrogen and oxygen atoms in total. The Morgan fingerprint density at radius 3 is 2.80 bits per heavy atom. The number of phenolic OH excluding ortho intramolecular Hbond substituents is 1. The first-order valence-corrected chi connectivity index (χ1v) is 6.10. The summed E-state index contributed by atoms with van der Waals surface area (Å²) in [6.07, 6.45) is 0. The van der Waals surface area contributed by atoms with Crippen LogP contribution in [-0.4, -0.2) is 16.0 Å². The zero-order chi connectivity index (χ0) is 14.1. The van der Waals surface area contributed by atoms with E-state index < -0.39 is 0 Å². The fourth-order valence-electron chi connectivity index (χ4n) is 1.98. The molecule has 0 fully saturated rings.